The smallest absolute Gasteiger partial charge is 0.309 e. The molecule has 2 aromatic rings. The maximum absolute atomic E-state index is 12.6. The standard InChI is InChI=1S/C27H34O11/c1-33-18-6-4-14(10-20(18)34-2)8-16-13-36-26(32)17(16)9-15-5-7-19(21(11-15)35-3)37-27-25(31)24(30)23(29)22(12-28)38-27/h4-7,10-11,16-17,22-25,27-31H,8-9,12-13H2,1-3H3/t16-,17-,22-,23-,24+,25-,27-/m0/s1. The van der Waals surface area contributed by atoms with Crippen molar-refractivity contribution in [2.75, 3.05) is 34.5 Å². The highest BCUT2D eigenvalue weighted by Gasteiger charge is 2.45. The van der Waals surface area contributed by atoms with Crippen LogP contribution in [0.1, 0.15) is 11.1 Å². The van der Waals surface area contributed by atoms with Crippen LogP contribution in [0, 0.1) is 11.8 Å². The van der Waals surface area contributed by atoms with Crippen molar-refractivity contribution >= 4 is 5.97 Å². The van der Waals surface area contributed by atoms with E-state index in [-0.39, 0.29) is 23.6 Å². The maximum Gasteiger partial charge on any atom is 0.309 e. The second kappa shape index (κ2) is 12.2. The SMILES string of the molecule is COc1ccc(C[C@H]2COC(=O)[C@H]2Cc2ccc(O[C@H]3O[C@@H](CO)[C@H](O)[C@@H](O)[C@@H]3O)c(OC)c2)cc1OC. The van der Waals surface area contributed by atoms with E-state index in [9.17, 15) is 25.2 Å². The second-order valence-electron chi connectivity index (χ2n) is 9.39. The summed E-state index contributed by atoms with van der Waals surface area (Å²) in [5, 5.41) is 39.7. The molecule has 0 radical (unpaired) electrons. The minimum absolute atomic E-state index is 0.0448. The van der Waals surface area contributed by atoms with Crippen LogP contribution in [0.2, 0.25) is 0 Å². The Hall–Kier alpha value is -3.09. The number of methoxy groups -OCH3 is 3. The van der Waals surface area contributed by atoms with Gasteiger partial charge in [-0.1, -0.05) is 12.1 Å². The first-order chi connectivity index (χ1) is 18.3. The number of rotatable bonds is 10. The van der Waals surface area contributed by atoms with Crippen LogP contribution >= 0.6 is 0 Å². The van der Waals surface area contributed by atoms with Gasteiger partial charge in [-0.25, -0.2) is 0 Å². The lowest BCUT2D eigenvalue weighted by molar-refractivity contribution is -0.277. The summed E-state index contributed by atoms with van der Waals surface area (Å²) in [6.07, 6.45) is -6.02. The predicted octanol–water partition coefficient (Wildman–Crippen LogP) is 0.466. The number of hydrogen-bond acceptors (Lipinski definition) is 11. The van der Waals surface area contributed by atoms with Crippen LogP contribution in [0.4, 0.5) is 0 Å². The molecule has 0 bridgehead atoms. The van der Waals surface area contributed by atoms with E-state index in [0.717, 1.165) is 11.1 Å². The van der Waals surface area contributed by atoms with Crippen LogP contribution in [0.3, 0.4) is 0 Å². The highest BCUT2D eigenvalue weighted by molar-refractivity contribution is 5.75. The Labute approximate surface area is 220 Å². The lowest BCUT2D eigenvalue weighted by atomic mass is 9.85. The summed E-state index contributed by atoms with van der Waals surface area (Å²) < 4.78 is 32.7. The molecule has 0 amide bonds. The van der Waals surface area contributed by atoms with Crippen molar-refractivity contribution in [3.63, 3.8) is 0 Å². The van der Waals surface area contributed by atoms with Crippen LogP contribution in [0.25, 0.3) is 0 Å². The number of esters is 1. The number of benzene rings is 2. The molecule has 2 saturated heterocycles. The van der Waals surface area contributed by atoms with Gasteiger partial charge < -0.3 is 48.8 Å². The Balaban J connectivity index is 1.47. The Morgan fingerprint density at radius 3 is 2.05 bits per heavy atom. The van der Waals surface area contributed by atoms with Crippen LogP contribution in [0.5, 0.6) is 23.0 Å². The van der Waals surface area contributed by atoms with Gasteiger partial charge in [-0.05, 0) is 48.2 Å². The number of hydrogen-bond donors (Lipinski definition) is 4. The zero-order valence-electron chi connectivity index (χ0n) is 21.5. The second-order valence-corrected chi connectivity index (χ2v) is 9.39. The van der Waals surface area contributed by atoms with E-state index < -0.39 is 37.3 Å². The van der Waals surface area contributed by atoms with Crippen molar-refractivity contribution < 1.29 is 53.6 Å². The maximum atomic E-state index is 12.6. The first-order valence-corrected chi connectivity index (χ1v) is 12.3. The van der Waals surface area contributed by atoms with Crippen molar-refractivity contribution in [3.05, 3.63) is 47.5 Å². The van der Waals surface area contributed by atoms with Gasteiger partial charge in [0.1, 0.15) is 24.4 Å². The molecule has 11 heteroatoms. The monoisotopic (exact) mass is 534 g/mol. The molecule has 0 unspecified atom stereocenters. The molecule has 38 heavy (non-hydrogen) atoms. The molecule has 2 aromatic carbocycles. The number of aliphatic hydroxyl groups excluding tert-OH is 4. The fraction of sp³-hybridized carbons (Fsp3) is 0.519. The number of carbonyl (C=O) groups is 1. The van der Waals surface area contributed by atoms with Crippen molar-refractivity contribution in [2.24, 2.45) is 11.8 Å². The number of ether oxygens (including phenoxy) is 6. The molecular formula is C27H34O11. The van der Waals surface area contributed by atoms with Crippen molar-refractivity contribution in [1.82, 2.24) is 0 Å². The van der Waals surface area contributed by atoms with Crippen molar-refractivity contribution in [3.8, 4) is 23.0 Å². The van der Waals surface area contributed by atoms with Crippen LogP contribution in [-0.4, -0.2) is 91.6 Å². The summed E-state index contributed by atoms with van der Waals surface area (Å²) >= 11 is 0. The summed E-state index contributed by atoms with van der Waals surface area (Å²) in [7, 11) is 4.60. The van der Waals surface area contributed by atoms with E-state index in [1.807, 2.05) is 18.2 Å². The molecule has 4 N–H and O–H groups in total. The van der Waals surface area contributed by atoms with E-state index in [4.69, 9.17) is 28.4 Å². The Bertz CT molecular complexity index is 1100. The molecule has 11 nitrogen and oxygen atoms in total. The minimum atomic E-state index is -1.56. The van der Waals surface area contributed by atoms with E-state index in [2.05, 4.69) is 0 Å². The van der Waals surface area contributed by atoms with E-state index in [1.165, 1.54) is 7.11 Å². The van der Waals surface area contributed by atoms with Gasteiger partial charge in [-0.2, -0.15) is 0 Å². The van der Waals surface area contributed by atoms with Gasteiger partial charge in [0.15, 0.2) is 23.0 Å². The molecule has 2 aliphatic heterocycles. The fourth-order valence-electron chi connectivity index (χ4n) is 4.85. The molecule has 0 aliphatic carbocycles. The highest BCUT2D eigenvalue weighted by Crippen LogP contribution is 2.36. The topological polar surface area (TPSA) is 153 Å². The van der Waals surface area contributed by atoms with Gasteiger partial charge in [-0.3, -0.25) is 4.79 Å². The zero-order valence-corrected chi connectivity index (χ0v) is 21.5. The van der Waals surface area contributed by atoms with Gasteiger partial charge in [-0.15, -0.1) is 0 Å². The van der Waals surface area contributed by atoms with Crippen LogP contribution in [-0.2, 0) is 27.1 Å². The molecule has 208 valence electrons. The van der Waals surface area contributed by atoms with Gasteiger partial charge in [0.2, 0.25) is 6.29 Å². The summed E-state index contributed by atoms with van der Waals surface area (Å²) in [6.45, 7) is -0.254. The summed E-state index contributed by atoms with van der Waals surface area (Å²) in [6, 6.07) is 10.8. The lowest BCUT2D eigenvalue weighted by Gasteiger charge is -2.39. The fourth-order valence-corrected chi connectivity index (χ4v) is 4.85. The van der Waals surface area contributed by atoms with E-state index >= 15 is 0 Å². The third kappa shape index (κ3) is 5.82. The van der Waals surface area contributed by atoms with Crippen molar-refractivity contribution in [2.45, 2.75) is 43.5 Å². The highest BCUT2D eigenvalue weighted by atomic mass is 16.7. The molecule has 0 saturated carbocycles. The Morgan fingerprint density at radius 2 is 1.42 bits per heavy atom. The Kier molecular flexibility index (Phi) is 8.95. The van der Waals surface area contributed by atoms with Gasteiger partial charge in [0.05, 0.1) is 40.5 Å². The zero-order chi connectivity index (χ0) is 27.4. The quantitative estimate of drug-likeness (QED) is 0.315. The first kappa shape index (κ1) is 27.9. The predicted molar refractivity (Wildman–Crippen MR) is 132 cm³/mol. The van der Waals surface area contributed by atoms with Crippen LogP contribution < -0.4 is 18.9 Å². The molecule has 2 fully saturated rings. The summed E-state index contributed by atoms with van der Waals surface area (Å²) in [5.41, 5.74) is 1.81. The number of carbonyl (C=O) groups excluding carboxylic acids is 1. The molecule has 2 aliphatic rings. The lowest BCUT2D eigenvalue weighted by Crippen LogP contribution is -2.60. The van der Waals surface area contributed by atoms with E-state index in [1.54, 1.807) is 32.4 Å². The third-order valence-electron chi connectivity index (χ3n) is 7.03. The number of cyclic esters (lactones) is 1. The Morgan fingerprint density at radius 1 is 0.816 bits per heavy atom. The molecular weight excluding hydrogens is 500 g/mol. The minimum Gasteiger partial charge on any atom is -0.493 e. The summed E-state index contributed by atoms with van der Waals surface area (Å²) in [5.74, 6) is 1.10. The molecule has 2 heterocycles. The first-order valence-electron chi connectivity index (χ1n) is 12.3. The number of aliphatic hydroxyl groups is 4. The van der Waals surface area contributed by atoms with Gasteiger partial charge >= 0.3 is 5.97 Å². The van der Waals surface area contributed by atoms with Gasteiger partial charge in [0, 0.05) is 5.92 Å². The average molecular weight is 535 g/mol. The normalized spacial score (nSPS) is 29.0. The van der Waals surface area contributed by atoms with Gasteiger partial charge in [0.25, 0.3) is 0 Å². The van der Waals surface area contributed by atoms with Crippen LogP contribution in [0.15, 0.2) is 36.4 Å². The van der Waals surface area contributed by atoms with Crippen molar-refractivity contribution in [1.29, 1.82) is 0 Å². The molecule has 0 aromatic heterocycles. The molecule has 7 atom stereocenters. The summed E-state index contributed by atoms with van der Waals surface area (Å²) in [4.78, 5) is 12.6. The largest absolute Gasteiger partial charge is 0.493 e. The molecule has 0 spiro atoms. The molecule has 4 rings (SSSR count). The van der Waals surface area contributed by atoms with E-state index in [0.29, 0.717) is 36.7 Å². The average Bonchev–Trinajstić information content (AvgIpc) is 3.27. The third-order valence-corrected chi connectivity index (χ3v) is 7.03.